The molecule has 150 valence electrons. The second-order valence-electron chi connectivity index (χ2n) is 6.62. The van der Waals surface area contributed by atoms with E-state index in [0.717, 1.165) is 5.69 Å². The fraction of sp³-hybridized carbons (Fsp3) is 0.0952. The molecule has 4 aromatic rings. The number of nitrogens with zero attached hydrogens (tertiary/aromatic N) is 4. The summed E-state index contributed by atoms with van der Waals surface area (Å²) in [6.07, 6.45) is 2.78. The fourth-order valence-electron chi connectivity index (χ4n) is 3.05. The summed E-state index contributed by atoms with van der Waals surface area (Å²) in [6.45, 7) is 1.20. The molecule has 0 atom stereocenters. The van der Waals surface area contributed by atoms with E-state index in [4.69, 9.17) is 0 Å². The minimum absolute atomic E-state index is 0.206. The summed E-state index contributed by atoms with van der Waals surface area (Å²) in [5.74, 6) is -0.603. The van der Waals surface area contributed by atoms with Crippen molar-refractivity contribution in [1.82, 2.24) is 19.3 Å². The van der Waals surface area contributed by atoms with E-state index in [1.807, 2.05) is 30.3 Å². The zero-order chi connectivity index (χ0) is 21.1. The van der Waals surface area contributed by atoms with Crippen LogP contribution in [-0.4, -0.2) is 31.1 Å². The molecule has 0 bridgehead atoms. The summed E-state index contributed by atoms with van der Waals surface area (Å²) in [4.78, 5) is 40.7. The van der Waals surface area contributed by atoms with Gasteiger partial charge < -0.3 is 10.6 Å². The number of nitrogens with one attached hydrogen (secondary N) is 2. The third-order valence-corrected chi connectivity index (χ3v) is 4.34. The average molecular weight is 402 g/mol. The molecular formula is C21H18N6O3. The number of para-hydroxylation sites is 1. The quantitative estimate of drug-likeness (QED) is 0.532. The molecule has 0 aliphatic rings. The highest BCUT2D eigenvalue weighted by molar-refractivity contribution is 5.93. The second kappa shape index (κ2) is 8.00. The van der Waals surface area contributed by atoms with Crippen LogP contribution in [0.5, 0.6) is 0 Å². The van der Waals surface area contributed by atoms with Crippen LogP contribution in [0.2, 0.25) is 0 Å². The lowest BCUT2D eigenvalue weighted by atomic mass is 10.2. The van der Waals surface area contributed by atoms with Crippen LogP contribution in [0.25, 0.3) is 16.7 Å². The highest BCUT2D eigenvalue weighted by Crippen LogP contribution is 2.15. The highest BCUT2D eigenvalue weighted by Gasteiger charge is 2.13. The molecule has 9 heteroatoms. The maximum atomic E-state index is 12.8. The van der Waals surface area contributed by atoms with Crippen LogP contribution in [0, 0.1) is 0 Å². The minimum Gasteiger partial charge on any atom is -0.326 e. The zero-order valence-electron chi connectivity index (χ0n) is 16.1. The van der Waals surface area contributed by atoms with Crippen LogP contribution in [0.15, 0.2) is 71.9 Å². The van der Waals surface area contributed by atoms with Gasteiger partial charge in [0.25, 0.3) is 5.56 Å². The van der Waals surface area contributed by atoms with Gasteiger partial charge in [-0.3, -0.25) is 19.0 Å². The second-order valence-corrected chi connectivity index (χ2v) is 6.62. The lowest BCUT2D eigenvalue weighted by molar-refractivity contribution is -0.117. The number of aromatic nitrogens is 4. The number of benzene rings is 2. The Balaban J connectivity index is 1.54. The Bertz CT molecular complexity index is 1290. The number of carbonyl (C=O) groups is 2. The number of fused-ring (bicyclic) bond motifs is 1. The van der Waals surface area contributed by atoms with Crippen molar-refractivity contribution >= 4 is 34.2 Å². The van der Waals surface area contributed by atoms with Gasteiger partial charge in [0.1, 0.15) is 18.3 Å². The maximum Gasteiger partial charge on any atom is 0.264 e. The molecule has 0 aliphatic carbocycles. The van der Waals surface area contributed by atoms with Crippen molar-refractivity contribution < 1.29 is 9.59 Å². The smallest absolute Gasteiger partial charge is 0.264 e. The third kappa shape index (κ3) is 3.95. The van der Waals surface area contributed by atoms with Gasteiger partial charge in [0.2, 0.25) is 11.8 Å². The largest absolute Gasteiger partial charge is 0.326 e. The molecule has 0 aliphatic heterocycles. The number of anilines is 2. The Hall–Kier alpha value is -4.27. The predicted octanol–water partition coefficient (Wildman–Crippen LogP) is 2.18. The first-order valence-corrected chi connectivity index (χ1v) is 9.17. The van der Waals surface area contributed by atoms with Crippen LogP contribution in [0.3, 0.4) is 0 Å². The number of rotatable bonds is 5. The SMILES string of the molecule is CC(=O)Nc1cccc(NC(=O)Cn2cnc3c(cnn3-c3ccccc3)c2=O)c1. The fourth-order valence-corrected chi connectivity index (χ4v) is 3.05. The molecule has 0 radical (unpaired) electrons. The van der Waals surface area contributed by atoms with Crippen LogP contribution < -0.4 is 16.2 Å². The Morgan fingerprint density at radius 1 is 1.00 bits per heavy atom. The number of amides is 2. The minimum atomic E-state index is -0.395. The third-order valence-electron chi connectivity index (χ3n) is 4.34. The monoisotopic (exact) mass is 402 g/mol. The van der Waals surface area contributed by atoms with Crippen LogP contribution in [-0.2, 0) is 16.1 Å². The van der Waals surface area contributed by atoms with Gasteiger partial charge in [-0.1, -0.05) is 24.3 Å². The van der Waals surface area contributed by atoms with Crippen molar-refractivity contribution in [3.63, 3.8) is 0 Å². The van der Waals surface area contributed by atoms with Crippen LogP contribution in [0.1, 0.15) is 6.92 Å². The lowest BCUT2D eigenvalue weighted by Gasteiger charge is -2.09. The van der Waals surface area contributed by atoms with E-state index in [2.05, 4.69) is 20.7 Å². The molecule has 2 aromatic heterocycles. The Morgan fingerprint density at radius 3 is 2.47 bits per heavy atom. The molecule has 0 saturated heterocycles. The summed E-state index contributed by atoms with van der Waals surface area (Å²) < 4.78 is 2.81. The van der Waals surface area contributed by atoms with Crippen LogP contribution >= 0.6 is 0 Å². The first-order valence-electron chi connectivity index (χ1n) is 9.17. The summed E-state index contributed by atoms with van der Waals surface area (Å²) in [5, 5.41) is 9.93. The van der Waals surface area contributed by atoms with Crippen LogP contribution in [0.4, 0.5) is 11.4 Å². The number of carbonyl (C=O) groups excluding carboxylic acids is 2. The molecule has 0 spiro atoms. The van der Waals surface area contributed by atoms with Gasteiger partial charge in [0.05, 0.1) is 11.9 Å². The van der Waals surface area contributed by atoms with E-state index < -0.39 is 5.91 Å². The molecule has 2 aromatic carbocycles. The number of hydrogen-bond donors (Lipinski definition) is 2. The van der Waals surface area contributed by atoms with E-state index in [9.17, 15) is 14.4 Å². The Labute approximate surface area is 171 Å². The lowest BCUT2D eigenvalue weighted by Crippen LogP contribution is -2.27. The van der Waals surface area contributed by atoms with E-state index in [-0.39, 0.29) is 18.0 Å². The van der Waals surface area contributed by atoms with Gasteiger partial charge in [-0.15, -0.1) is 0 Å². The maximum absolute atomic E-state index is 12.8. The van der Waals surface area contributed by atoms with E-state index in [1.54, 1.807) is 28.9 Å². The van der Waals surface area contributed by atoms with Gasteiger partial charge in [0, 0.05) is 18.3 Å². The molecule has 0 fully saturated rings. The normalized spacial score (nSPS) is 10.7. The Kier molecular flexibility index (Phi) is 5.08. The standard InChI is InChI=1S/C21H18N6O3/c1-14(28)24-15-6-5-7-16(10-15)25-19(29)12-26-13-22-20-18(21(26)30)11-23-27(20)17-8-3-2-4-9-17/h2-11,13H,12H2,1H3,(H,24,28)(H,25,29). The molecule has 2 N–H and O–H groups in total. The number of hydrogen-bond acceptors (Lipinski definition) is 5. The first kappa shape index (κ1) is 19.1. The van der Waals surface area contributed by atoms with Crippen molar-refractivity contribution in [2.24, 2.45) is 0 Å². The van der Waals surface area contributed by atoms with E-state index >= 15 is 0 Å². The molecule has 4 rings (SSSR count). The van der Waals surface area contributed by atoms with Gasteiger partial charge >= 0.3 is 0 Å². The Morgan fingerprint density at radius 2 is 1.73 bits per heavy atom. The highest BCUT2D eigenvalue weighted by atomic mass is 16.2. The molecule has 30 heavy (non-hydrogen) atoms. The predicted molar refractivity (Wildman–Crippen MR) is 113 cm³/mol. The summed E-state index contributed by atoms with van der Waals surface area (Å²) in [5.41, 5.74) is 1.92. The molecule has 2 heterocycles. The molecule has 0 saturated carbocycles. The average Bonchev–Trinajstić information content (AvgIpc) is 3.15. The molecule has 2 amide bonds. The summed E-state index contributed by atoms with van der Waals surface area (Å²) in [7, 11) is 0. The summed E-state index contributed by atoms with van der Waals surface area (Å²) >= 11 is 0. The zero-order valence-corrected chi connectivity index (χ0v) is 16.1. The van der Waals surface area contributed by atoms with Crippen molar-refractivity contribution in [3.8, 4) is 5.69 Å². The van der Waals surface area contributed by atoms with Crippen molar-refractivity contribution in [2.75, 3.05) is 10.6 Å². The van der Waals surface area contributed by atoms with E-state index in [0.29, 0.717) is 22.4 Å². The van der Waals surface area contributed by atoms with E-state index in [1.165, 1.54) is 24.0 Å². The van der Waals surface area contributed by atoms with Gasteiger partial charge in [-0.25, -0.2) is 9.67 Å². The van der Waals surface area contributed by atoms with Gasteiger partial charge in [-0.2, -0.15) is 5.10 Å². The van der Waals surface area contributed by atoms with Gasteiger partial charge in [-0.05, 0) is 30.3 Å². The molecule has 0 unspecified atom stereocenters. The topological polar surface area (TPSA) is 111 Å². The molecule has 9 nitrogen and oxygen atoms in total. The van der Waals surface area contributed by atoms with Crippen molar-refractivity contribution in [1.29, 1.82) is 0 Å². The summed E-state index contributed by atoms with van der Waals surface area (Å²) in [6, 6.07) is 16.1. The van der Waals surface area contributed by atoms with Crippen molar-refractivity contribution in [3.05, 3.63) is 77.5 Å². The van der Waals surface area contributed by atoms with Crippen molar-refractivity contribution in [2.45, 2.75) is 13.5 Å². The molecular weight excluding hydrogens is 384 g/mol. The van der Waals surface area contributed by atoms with Gasteiger partial charge in [0.15, 0.2) is 5.65 Å². The first-order chi connectivity index (χ1) is 14.5.